The lowest BCUT2D eigenvalue weighted by atomic mass is 9.96. The summed E-state index contributed by atoms with van der Waals surface area (Å²) in [6, 6.07) is 29.0. The van der Waals surface area contributed by atoms with Gasteiger partial charge < -0.3 is 39.1 Å². The number of benzene rings is 4. The van der Waals surface area contributed by atoms with Crippen LogP contribution in [0.4, 0.5) is 11.4 Å². The minimum absolute atomic E-state index is 0.204. The number of carbonyl (C=O) groups is 1. The number of nitrogens with two attached hydrogens (primary N) is 1. The summed E-state index contributed by atoms with van der Waals surface area (Å²) in [4.78, 5) is 16.3. The Morgan fingerprint density at radius 2 is 1.68 bits per heavy atom. The summed E-state index contributed by atoms with van der Waals surface area (Å²) in [7, 11) is 1.74. The monoisotopic (exact) mass is 719 g/mol. The second-order valence-electron chi connectivity index (χ2n) is 13.3. The number of nitrogens with one attached hydrogen (secondary N) is 1. The highest BCUT2D eigenvalue weighted by atomic mass is 16.5. The van der Waals surface area contributed by atoms with Gasteiger partial charge in [0.25, 0.3) is 0 Å². The van der Waals surface area contributed by atoms with E-state index in [-0.39, 0.29) is 19.2 Å². The summed E-state index contributed by atoms with van der Waals surface area (Å²) in [5.74, 6) is 6.75. The number of allylic oxidation sites excluding steroid dienone is 1. The number of carbonyl (C=O) groups excluding carboxylic acids is 1. The number of rotatable bonds is 17. The molecule has 6 rings (SSSR count). The summed E-state index contributed by atoms with van der Waals surface area (Å²) >= 11 is 0. The molecule has 4 N–H and O–H groups in total. The van der Waals surface area contributed by atoms with Gasteiger partial charge in [-0.3, -0.25) is 0 Å². The van der Waals surface area contributed by atoms with Gasteiger partial charge in [0, 0.05) is 60.9 Å². The molecule has 1 aliphatic rings. The molecular weight excluding hydrogens is 667 g/mol. The van der Waals surface area contributed by atoms with E-state index in [4.69, 9.17) is 20.1 Å². The molecule has 2 heterocycles. The topological polar surface area (TPSA) is 114 Å². The van der Waals surface area contributed by atoms with E-state index in [0.29, 0.717) is 50.3 Å². The van der Waals surface area contributed by atoms with Gasteiger partial charge in [-0.1, -0.05) is 61.5 Å². The average molecular weight is 720 g/mol. The lowest BCUT2D eigenvalue weighted by molar-refractivity contribution is 0.0512. The summed E-state index contributed by atoms with van der Waals surface area (Å²) in [5, 5.41) is 18.7. The zero-order valence-electron chi connectivity index (χ0n) is 31.3. The third-order valence-corrected chi connectivity index (χ3v) is 9.97. The maximum atomic E-state index is 13.9. The van der Waals surface area contributed by atoms with Crippen LogP contribution in [0.5, 0.6) is 5.75 Å². The van der Waals surface area contributed by atoms with Crippen molar-refractivity contribution in [1.82, 2.24) is 9.58 Å². The van der Waals surface area contributed by atoms with Crippen molar-refractivity contribution in [1.29, 1.82) is 0 Å². The molecule has 280 valence electrons. The first-order chi connectivity index (χ1) is 25.9. The molecule has 0 unspecified atom stereocenters. The maximum absolute atomic E-state index is 13.9. The van der Waals surface area contributed by atoms with E-state index in [0.717, 1.165) is 82.5 Å². The molecule has 0 radical (unpaired) electrons. The Morgan fingerprint density at radius 3 is 2.42 bits per heavy atom. The molecule has 0 saturated carbocycles. The number of anilines is 2. The number of para-hydroxylation sites is 1. The molecular formula is C43H53N5O5. The molecule has 4 aromatic carbocycles. The molecule has 0 spiro atoms. The first kappa shape index (κ1) is 37.7. The SMILES string of the molecule is CCOC(=O)c1c(CCCOc2cccc3ccccc23)c2cccc(/C(CC)=C(\CO)N(C)N)c2n1CCCNc1ccc(N2CCOCC2)cc1. The van der Waals surface area contributed by atoms with Gasteiger partial charge in [-0.05, 0) is 79.5 Å². The number of morpholine rings is 1. The van der Waals surface area contributed by atoms with Crippen LogP contribution >= 0.6 is 0 Å². The number of ether oxygens (including phenoxy) is 3. The molecule has 1 aliphatic heterocycles. The van der Waals surface area contributed by atoms with Crippen molar-refractivity contribution < 1.29 is 24.1 Å². The maximum Gasteiger partial charge on any atom is 0.355 e. The van der Waals surface area contributed by atoms with Crippen LogP contribution in [0, 0.1) is 0 Å². The quantitative estimate of drug-likeness (QED) is 0.0396. The molecule has 0 bridgehead atoms. The largest absolute Gasteiger partial charge is 0.493 e. The number of hydrazine groups is 1. The Morgan fingerprint density at radius 1 is 0.943 bits per heavy atom. The summed E-state index contributed by atoms with van der Waals surface area (Å²) < 4.78 is 19.7. The van der Waals surface area contributed by atoms with Crippen LogP contribution in [0.3, 0.4) is 0 Å². The highest BCUT2D eigenvalue weighted by Crippen LogP contribution is 2.36. The van der Waals surface area contributed by atoms with Crippen molar-refractivity contribution >= 4 is 44.6 Å². The van der Waals surface area contributed by atoms with E-state index in [9.17, 15) is 9.90 Å². The second-order valence-corrected chi connectivity index (χ2v) is 13.3. The van der Waals surface area contributed by atoms with Gasteiger partial charge in [-0.2, -0.15) is 0 Å². The van der Waals surface area contributed by atoms with Gasteiger partial charge in [-0.15, -0.1) is 0 Å². The third kappa shape index (κ3) is 8.62. The zero-order valence-corrected chi connectivity index (χ0v) is 31.3. The highest BCUT2D eigenvalue weighted by Gasteiger charge is 2.26. The van der Waals surface area contributed by atoms with Crippen molar-refractivity contribution in [3.05, 3.63) is 107 Å². The average Bonchev–Trinajstić information content (AvgIpc) is 3.51. The number of nitrogens with zero attached hydrogens (tertiary/aromatic N) is 3. The molecule has 5 aromatic rings. The first-order valence-electron chi connectivity index (χ1n) is 18.8. The molecule has 53 heavy (non-hydrogen) atoms. The van der Waals surface area contributed by atoms with Gasteiger partial charge in [0.1, 0.15) is 11.4 Å². The normalized spacial score (nSPS) is 13.6. The first-order valence-corrected chi connectivity index (χ1v) is 18.8. The molecule has 1 aromatic heterocycles. The molecule has 1 fully saturated rings. The molecule has 0 atom stereocenters. The Kier molecular flexibility index (Phi) is 12.9. The fourth-order valence-electron chi connectivity index (χ4n) is 7.44. The lowest BCUT2D eigenvalue weighted by Gasteiger charge is -2.29. The third-order valence-electron chi connectivity index (χ3n) is 9.97. The summed E-state index contributed by atoms with van der Waals surface area (Å²) in [5.41, 5.74) is 7.21. The fraction of sp³-hybridized carbons (Fsp3) is 0.372. The molecule has 1 saturated heterocycles. The number of hydrogen-bond acceptors (Lipinski definition) is 9. The van der Waals surface area contributed by atoms with Crippen LogP contribution in [0.1, 0.15) is 54.7 Å². The Hall–Kier alpha value is -5.03. The number of aliphatic hydroxyl groups is 1. The Bertz CT molecular complexity index is 2010. The molecule has 10 nitrogen and oxygen atoms in total. The van der Waals surface area contributed by atoms with Gasteiger partial charge in [0.15, 0.2) is 0 Å². The number of esters is 1. The number of hydrogen-bond donors (Lipinski definition) is 3. The molecule has 0 aliphatic carbocycles. The van der Waals surface area contributed by atoms with Crippen molar-refractivity contribution in [2.24, 2.45) is 5.84 Å². The van der Waals surface area contributed by atoms with Crippen molar-refractivity contribution in [2.75, 3.05) is 69.9 Å². The lowest BCUT2D eigenvalue weighted by Crippen LogP contribution is -2.36. The summed E-state index contributed by atoms with van der Waals surface area (Å²) in [6.07, 6.45) is 2.72. The smallest absolute Gasteiger partial charge is 0.355 e. The van der Waals surface area contributed by atoms with Crippen LogP contribution in [-0.2, 0) is 22.4 Å². The predicted octanol–water partition coefficient (Wildman–Crippen LogP) is 7.24. The predicted molar refractivity (Wildman–Crippen MR) is 214 cm³/mol. The fourth-order valence-corrected chi connectivity index (χ4v) is 7.44. The summed E-state index contributed by atoms with van der Waals surface area (Å²) in [6.45, 7) is 9.05. The van der Waals surface area contributed by atoms with Gasteiger partial charge in [0.2, 0.25) is 0 Å². The standard InChI is InChI=1S/C43H53N5O5/c1-4-34(39(30-49)46(3)44)36-15-9-16-37-38(17-10-27-53-40-18-8-13-31-12-6-7-14-35(31)40)42(43(50)52-5-2)48(41(36)37)24-11-23-45-32-19-21-33(22-20-32)47-25-28-51-29-26-47/h6-9,12-16,18-22,45,49H,4-5,10-11,17,23-30,44H2,1-3H3/b39-34+. The molecule has 0 amide bonds. The minimum Gasteiger partial charge on any atom is -0.493 e. The number of aryl methyl sites for hydroxylation is 2. The van der Waals surface area contributed by atoms with E-state index in [1.54, 1.807) is 7.05 Å². The highest BCUT2D eigenvalue weighted by molar-refractivity contribution is 6.03. The minimum atomic E-state index is -0.341. The van der Waals surface area contributed by atoms with Crippen molar-refractivity contribution in [2.45, 2.75) is 46.1 Å². The number of fused-ring (bicyclic) bond motifs is 2. The van der Waals surface area contributed by atoms with E-state index in [2.05, 4.69) is 76.3 Å². The van der Waals surface area contributed by atoms with Crippen molar-refractivity contribution in [3.8, 4) is 5.75 Å². The van der Waals surface area contributed by atoms with Gasteiger partial charge >= 0.3 is 5.97 Å². The van der Waals surface area contributed by atoms with Crippen LogP contribution in [-0.4, -0.2) is 80.4 Å². The van der Waals surface area contributed by atoms with Gasteiger partial charge in [-0.25, -0.2) is 10.6 Å². The number of aromatic nitrogens is 1. The number of aliphatic hydroxyl groups excluding tert-OH is 1. The van der Waals surface area contributed by atoms with Crippen LogP contribution in [0.2, 0.25) is 0 Å². The van der Waals surface area contributed by atoms with Crippen LogP contribution < -0.4 is 20.8 Å². The number of likely N-dealkylation sites (N-methyl/N-ethyl adjacent to an activating group) is 1. The Labute approximate surface area is 312 Å². The molecule has 10 heteroatoms. The Balaban J connectivity index is 1.30. The van der Waals surface area contributed by atoms with E-state index >= 15 is 0 Å². The van der Waals surface area contributed by atoms with E-state index in [1.165, 1.54) is 10.7 Å². The van der Waals surface area contributed by atoms with Crippen LogP contribution in [0.15, 0.2) is 90.6 Å². The van der Waals surface area contributed by atoms with E-state index in [1.807, 2.05) is 37.3 Å². The van der Waals surface area contributed by atoms with Crippen molar-refractivity contribution in [3.63, 3.8) is 0 Å². The second kappa shape index (κ2) is 18.1. The van der Waals surface area contributed by atoms with Gasteiger partial charge in [0.05, 0.1) is 44.2 Å². The van der Waals surface area contributed by atoms with E-state index < -0.39 is 0 Å². The zero-order chi connectivity index (χ0) is 37.2. The van der Waals surface area contributed by atoms with Crippen LogP contribution in [0.25, 0.3) is 27.2 Å².